The lowest BCUT2D eigenvalue weighted by Crippen LogP contribution is -2.24. The maximum absolute atomic E-state index is 12.5. The predicted molar refractivity (Wildman–Crippen MR) is 100 cm³/mol. The van der Waals surface area contributed by atoms with Crippen LogP contribution in [0.3, 0.4) is 0 Å². The zero-order valence-electron chi connectivity index (χ0n) is 15.8. The Labute approximate surface area is 150 Å². The number of carbonyl (C=O) groups excluding carboxylic acids is 2. The summed E-state index contributed by atoms with van der Waals surface area (Å²) in [5, 5.41) is 0. The van der Waals surface area contributed by atoms with E-state index >= 15 is 0 Å². The molecule has 0 aliphatic rings. The summed E-state index contributed by atoms with van der Waals surface area (Å²) < 4.78 is 5.36. The molecule has 2 aromatic carbocycles. The molecule has 0 amide bonds. The summed E-state index contributed by atoms with van der Waals surface area (Å²) in [6, 6.07) is 12.8. The summed E-state index contributed by atoms with van der Waals surface area (Å²) in [5.41, 5.74) is 4.35. The fourth-order valence-corrected chi connectivity index (χ4v) is 2.52. The molecular weight excluding hydrogens is 312 g/mol. The highest BCUT2D eigenvalue weighted by atomic mass is 16.5. The second kappa shape index (κ2) is 7.22. The predicted octanol–water partition coefficient (Wildman–Crippen LogP) is 5.03. The molecule has 1 atom stereocenters. The molecule has 3 nitrogen and oxygen atoms in total. The molecule has 0 spiro atoms. The number of aryl methyl sites for hydroxylation is 2. The van der Waals surface area contributed by atoms with Gasteiger partial charge < -0.3 is 4.74 Å². The van der Waals surface area contributed by atoms with Crippen molar-refractivity contribution in [1.82, 2.24) is 0 Å². The van der Waals surface area contributed by atoms with Crippen LogP contribution in [0, 0.1) is 13.8 Å². The molecule has 0 saturated heterocycles. The summed E-state index contributed by atoms with van der Waals surface area (Å²) in [4.78, 5) is 24.8. The van der Waals surface area contributed by atoms with E-state index in [2.05, 4.69) is 20.8 Å². The van der Waals surface area contributed by atoms with Crippen LogP contribution in [-0.2, 0) is 10.2 Å². The van der Waals surface area contributed by atoms with E-state index in [1.165, 1.54) is 0 Å². The SMILES string of the molecule is Cc1ccc(C(=O)[C@H](C)OC(=O)c2ccc(C(C)(C)C)cc2)cc1C. The third kappa shape index (κ3) is 4.56. The standard InChI is InChI=1S/C22H26O3/c1-14-7-8-18(13-15(14)2)20(23)16(3)25-21(24)17-9-11-19(12-10-17)22(4,5)6/h7-13,16H,1-6H3/t16-/m0/s1. The smallest absolute Gasteiger partial charge is 0.338 e. The fraction of sp³-hybridized carbons (Fsp3) is 0.364. The average molecular weight is 338 g/mol. The Bertz CT molecular complexity index is 780. The Morgan fingerprint density at radius 3 is 1.96 bits per heavy atom. The van der Waals surface area contributed by atoms with Gasteiger partial charge in [-0.15, -0.1) is 0 Å². The van der Waals surface area contributed by atoms with Gasteiger partial charge in [0.15, 0.2) is 6.10 Å². The van der Waals surface area contributed by atoms with Crippen LogP contribution in [0.15, 0.2) is 42.5 Å². The van der Waals surface area contributed by atoms with E-state index in [9.17, 15) is 9.59 Å². The van der Waals surface area contributed by atoms with Crippen LogP contribution in [0.2, 0.25) is 0 Å². The molecule has 0 heterocycles. The zero-order valence-corrected chi connectivity index (χ0v) is 15.8. The molecular formula is C22H26O3. The van der Waals surface area contributed by atoms with E-state index < -0.39 is 12.1 Å². The van der Waals surface area contributed by atoms with Gasteiger partial charge in [0, 0.05) is 5.56 Å². The van der Waals surface area contributed by atoms with E-state index in [1.807, 2.05) is 38.1 Å². The first-order chi connectivity index (χ1) is 11.6. The van der Waals surface area contributed by atoms with Gasteiger partial charge in [0.2, 0.25) is 5.78 Å². The van der Waals surface area contributed by atoms with Gasteiger partial charge >= 0.3 is 5.97 Å². The molecule has 0 saturated carbocycles. The highest BCUT2D eigenvalue weighted by Crippen LogP contribution is 2.22. The summed E-state index contributed by atoms with van der Waals surface area (Å²) in [7, 11) is 0. The number of ketones is 1. The minimum absolute atomic E-state index is 0.0228. The average Bonchev–Trinajstić information content (AvgIpc) is 2.56. The van der Waals surface area contributed by atoms with Gasteiger partial charge in [0.05, 0.1) is 5.56 Å². The minimum atomic E-state index is -0.822. The van der Waals surface area contributed by atoms with Crippen molar-refractivity contribution in [2.45, 2.75) is 53.1 Å². The summed E-state index contributed by atoms with van der Waals surface area (Å²) in [6.07, 6.45) is -0.822. The van der Waals surface area contributed by atoms with Crippen molar-refractivity contribution < 1.29 is 14.3 Å². The van der Waals surface area contributed by atoms with Gasteiger partial charge in [-0.1, -0.05) is 45.0 Å². The molecule has 0 fully saturated rings. The van der Waals surface area contributed by atoms with Gasteiger partial charge in [-0.2, -0.15) is 0 Å². The topological polar surface area (TPSA) is 43.4 Å². The lowest BCUT2D eigenvalue weighted by atomic mass is 9.87. The number of ether oxygens (including phenoxy) is 1. The van der Waals surface area contributed by atoms with E-state index in [0.717, 1.165) is 16.7 Å². The van der Waals surface area contributed by atoms with Crippen LogP contribution in [0.4, 0.5) is 0 Å². The van der Waals surface area contributed by atoms with Crippen LogP contribution in [-0.4, -0.2) is 17.9 Å². The third-order valence-electron chi connectivity index (χ3n) is 4.43. The van der Waals surface area contributed by atoms with Crippen LogP contribution < -0.4 is 0 Å². The summed E-state index contributed by atoms with van der Waals surface area (Å²) in [5.74, 6) is -0.673. The van der Waals surface area contributed by atoms with Crippen molar-refractivity contribution in [2.75, 3.05) is 0 Å². The highest BCUT2D eigenvalue weighted by Gasteiger charge is 2.21. The Morgan fingerprint density at radius 2 is 1.44 bits per heavy atom. The molecule has 2 rings (SSSR count). The van der Waals surface area contributed by atoms with Crippen LogP contribution in [0.1, 0.15) is 65.1 Å². The van der Waals surface area contributed by atoms with Crippen molar-refractivity contribution in [1.29, 1.82) is 0 Å². The zero-order chi connectivity index (χ0) is 18.8. The van der Waals surface area contributed by atoms with Gasteiger partial charge in [0.25, 0.3) is 0 Å². The molecule has 0 unspecified atom stereocenters. The van der Waals surface area contributed by atoms with Crippen molar-refractivity contribution in [3.63, 3.8) is 0 Å². The van der Waals surface area contributed by atoms with Gasteiger partial charge in [-0.25, -0.2) is 4.79 Å². The molecule has 0 aliphatic heterocycles. The molecule has 25 heavy (non-hydrogen) atoms. The number of esters is 1. The second-order valence-corrected chi connectivity index (χ2v) is 7.54. The van der Waals surface area contributed by atoms with Gasteiger partial charge in [0.1, 0.15) is 0 Å². The summed E-state index contributed by atoms with van der Waals surface area (Å²) in [6.45, 7) is 11.9. The quantitative estimate of drug-likeness (QED) is 0.580. The maximum Gasteiger partial charge on any atom is 0.338 e. The lowest BCUT2D eigenvalue weighted by molar-refractivity contribution is 0.0319. The number of hydrogen-bond donors (Lipinski definition) is 0. The first-order valence-corrected chi connectivity index (χ1v) is 8.52. The molecule has 132 valence electrons. The van der Waals surface area contributed by atoms with Crippen molar-refractivity contribution in [2.24, 2.45) is 0 Å². The molecule has 3 heteroatoms. The highest BCUT2D eigenvalue weighted by molar-refractivity contribution is 6.01. The normalized spacial score (nSPS) is 12.6. The Hall–Kier alpha value is -2.42. The van der Waals surface area contributed by atoms with Gasteiger partial charge in [-0.05, 0) is 61.1 Å². The number of hydrogen-bond acceptors (Lipinski definition) is 3. The molecule has 0 radical (unpaired) electrons. The minimum Gasteiger partial charge on any atom is -0.451 e. The number of rotatable bonds is 4. The largest absolute Gasteiger partial charge is 0.451 e. The number of Topliss-reactive ketones (excluding diaryl/α,β-unsaturated/α-hetero) is 1. The van der Waals surface area contributed by atoms with Crippen LogP contribution in [0.5, 0.6) is 0 Å². The van der Waals surface area contributed by atoms with E-state index in [0.29, 0.717) is 11.1 Å². The molecule has 0 aromatic heterocycles. The monoisotopic (exact) mass is 338 g/mol. The Kier molecular flexibility index (Phi) is 5.46. The third-order valence-corrected chi connectivity index (χ3v) is 4.43. The maximum atomic E-state index is 12.5. The molecule has 0 bridgehead atoms. The fourth-order valence-electron chi connectivity index (χ4n) is 2.52. The molecule has 0 N–H and O–H groups in total. The van der Waals surface area contributed by atoms with Crippen LogP contribution >= 0.6 is 0 Å². The van der Waals surface area contributed by atoms with Crippen molar-refractivity contribution in [3.05, 3.63) is 70.3 Å². The number of carbonyl (C=O) groups is 2. The second-order valence-electron chi connectivity index (χ2n) is 7.54. The van der Waals surface area contributed by atoms with Crippen LogP contribution in [0.25, 0.3) is 0 Å². The lowest BCUT2D eigenvalue weighted by Gasteiger charge is -2.19. The Balaban J connectivity index is 2.08. The first kappa shape index (κ1) is 18.9. The molecule has 0 aliphatic carbocycles. The van der Waals surface area contributed by atoms with Crippen molar-refractivity contribution in [3.8, 4) is 0 Å². The molecule has 2 aromatic rings. The van der Waals surface area contributed by atoms with E-state index in [4.69, 9.17) is 4.74 Å². The first-order valence-electron chi connectivity index (χ1n) is 8.52. The van der Waals surface area contributed by atoms with Crippen molar-refractivity contribution >= 4 is 11.8 Å². The van der Waals surface area contributed by atoms with E-state index in [-0.39, 0.29) is 11.2 Å². The number of benzene rings is 2. The van der Waals surface area contributed by atoms with E-state index in [1.54, 1.807) is 25.1 Å². The summed E-state index contributed by atoms with van der Waals surface area (Å²) >= 11 is 0. The van der Waals surface area contributed by atoms with Gasteiger partial charge in [-0.3, -0.25) is 4.79 Å². The Morgan fingerprint density at radius 1 is 0.880 bits per heavy atom.